The molecule has 0 aliphatic carbocycles. The number of aliphatic hydroxyl groups is 1. The number of esters is 2. The van der Waals surface area contributed by atoms with Crippen molar-refractivity contribution < 1.29 is 24.2 Å². The van der Waals surface area contributed by atoms with Gasteiger partial charge in [0, 0.05) is 12.8 Å². The van der Waals surface area contributed by atoms with E-state index in [-0.39, 0.29) is 25.2 Å². The van der Waals surface area contributed by atoms with E-state index in [2.05, 4.69) is 74.6 Å². The molecule has 0 aliphatic rings. The van der Waals surface area contributed by atoms with Crippen LogP contribution in [0.15, 0.2) is 60.8 Å². The summed E-state index contributed by atoms with van der Waals surface area (Å²) >= 11 is 0. The SMILES string of the molecule is CC/C=C\C/C=C\C/C=C\C/C=C\CCCCCCCCCCCCCCCCCCCCCCCCC(=O)OC(CO)COC(=O)CCCCCCCCC/C=C\CCCCCCCCC. The molecule has 0 bridgehead atoms. The number of unbranched alkanes of at least 4 members (excludes halogenated alkanes) is 36. The Kier molecular flexibility index (Phi) is 55.8. The third-order valence-corrected chi connectivity index (χ3v) is 13.0. The Bertz CT molecular complexity index is 1150. The van der Waals surface area contributed by atoms with Crippen LogP contribution in [0.4, 0.5) is 0 Å². The van der Waals surface area contributed by atoms with Crippen LogP contribution < -0.4 is 0 Å². The Morgan fingerprint density at radius 3 is 0.985 bits per heavy atom. The summed E-state index contributed by atoms with van der Waals surface area (Å²) in [4.78, 5) is 24.5. The molecule has 67 heavy (non-hydrogen) atoms. The van der Waals surface area contributed by atoms with Crippen molar-refractivity contribution in [1.82, 2.24) is 0 Å². The average molecular weight is 938 g/mol. The van der Waals surface area contributed by atoms with Crippen LogP contribution in [0.1, 0.15) is 303 Å². The first kappa shape index (κ1) is 64.6. The van der Waals surface area contributed by atoms with Gasteiger partial charge in [-0.25, -0.2) is 0 Å². The Morgan fingerprint density at radius 2 is 0.642 bits per heavy atom. The molecule has 0 heterocycles. The normalized spacial score (nSPS) is 12.6. The number of allylic oxidation sites excluding steroid dienone is 10. The minimum Gasteiger partial charge on any atom is -0.462 e. The molecule has 0 amide bonds. The van der Waals surface area contributed by atoms with Gasteiger partial charge in [0.15, 0.2) is 6.10 Å². The largest absolute Gasteiger partial charge is 0.462 e. The lowest BCUT2D eigenvalue weighted by molar-refractivity contribution is -0.161. The van der Waals surface area contributed by atoms with Crippen LogP contribution >= 0.6 is 0 Å². The van der Waals surface area contributed by atoms with E-state index in [0.717, 1.165) is 64.2 Å². The summed E-state index contributed by atoms with van der Waals surface area (Å²) in [5.74, 6) is -0.581. The molecule has 0 aliphatic heterocycles. The number of hydrogen-bond donors (Lipinski definition) is 1. The smallest absolute Gasteiger partial charge is 0.306 e. The first-order valence-electron chi connectivity index (χ1n) is 29.3. The van der Waals surface area contributed by atoms with Crippen molar-refractivity contribution in [2.24, 2.45) is 0 Å². The zero-order chi connectivity index (χ0) is 48.5. The fourth-order valence-corrected chi connectivity index (χ4v) is 8.66. The molecule has 0 saturated heterocycles. The van der Waals surface area contributed by atoms with E-state index in [4.69, 9.17) is 9.47 Å². The number of rotatable bonds is 54. The van der Waals surface area contributed by atoms with Crippen molar-refractivity contribution in [2.75, 3.05) is 13.2 Å². The number of hydrogen-bond acceptors (Lipinski definition) is 5. The van der Waals surface area contributed by atoms with Gasteiger partial charge in [0.05, 0.1) is 6.61 Å². The van der Waals surface area contributed by atoms with Crippen molar-refractivity contribution in [1.29, 1.82) is 0 Å². The number of carbonyl (C=O) groups is 2. The van der Waals surface area contributed by atoms with Gasteiger partial charge >= 0.3 is 11.9 Å². The van der Waals surface area contributed by atoms with E-state index in [1.54, 1.807) is 0 Å². The van der Waals surface area contributed by atoms with Crippen molar-refractivity contribution in [2.45, 2.75) is 309 Å². The molecule has 1 unspecified atom stereocenters. The summed E-state index contributed by atoms with van der Waals surface area (Å²) < 4.78 is 10.7. The van der Waals surface area contributed by atoms with Gasteiger partial charge in [0.2, 0.25) is 0 Å². The molecular weight excluding hydrogens is 825 g/mol. The first-order chi connectivity index (χ1) is 33.1. The maximum absolute atomic E-state index is 12.3. The zero-order valence-corrected chi connectivity index (χ0v) is 44.7. The standard InChI is InChI=1S/C62H112O5/c1-3-5-7-9-11-13-15-17-19-21-23-24-25-26-27-28-29-30-31-32-33-34-35-36-37-38-39-41-43-45-47-49-51-53-55-57-62(65)67-60(58-63)59-66-61(64)56-54-52-50-48-46-44-42-40-22-20-18-16-14-12-10-8-6-4-2/h5,7,11,13,17,19-20,22-24,60,63H,3-4,6,8-10,12,14-16,18,21,25-59H2,1-2H3/b7-5-,13-11-,19-17-,22-20-,24-23-. The molecule has 0 spiro atoms. The summed E-state index contributed by atoms with van der Waals surface area (Å²) in [5.41, 5.74) is 0. The highest BCUT2D eigenvalue weighted by atomic mass is 16.6. The van der Waals surface area contributed by atoms with Crippen molar-refractivity contribution in [3.05, 3.63) is 60.8 Å². The number of aliphatic hydroxyl groups excluding tert-OH is 1. The van der Waals surface area contributed by atoms with Crippen LogP contribution in [0.3, 0.4) is 0 Å². The molecular formula is C62H112O5. The Balaban J connectivity index is 3.42. The molecule has 0 aromatic carbocycles. The molecule has 5 heteroatoms. The molecule has 0 aromatic heterocycles. The zero-order valence-electron chi connectivity index (χ0n) is 44.7. The van der Waals surface area contributed by atoms with Gasteiger partial charge < -0.3 is 14.6 Å². The molecule has 0 saturated carbocycles. The lowest BCUT2D eigenvalue weighted by Gasteiger charge is -2.15. The Hall–Kier alpha value is -2.40. The molecule has 1 atom stereocenters. The van der Waals surface area contributed by atoms with E-state index in [0.29, 0.717) is 12.8 Å². The van der Waals surface area contributed by atoms with Gasteiger partial charge in [-0.2, -0.15) is 0 Å². The van der Waals surface area contributed by atoms with E-state index in [9.17, 15) is 14.7 Å². The van der Waals surface area contributed by atoms with Gasteiger partial charge in [-0.15, -0.1) is 0 Å². The second-order valence-electron chi connectivity index (χ2n) is 19.7. The highest BCUT2D eigenvalue weighted by Crippen LogP contribution is 2.17. The molecule has 0 fully saturated rings. The molecule has 0 aromatic rings. The van der Waals surface area contributed by atoms with Crippen molar-refractivity contribution in [3.8, 4) is 0 Å². The maximum Gasteiger partial charge on any atom is 0.306 e. The summed E-state index contributed by atoms with van der Waals surface area (Å²) in [7, 11) is 0. The Labute approximate surface area is 417 Å². The fraction of sp³-hybridized carbons (Fsp3) is 0.806. The first-order valence-corrected chi connectivity index (χ1v) is 29.3. The lowest BCUT2D eigenvalue weighted by Crippen LogP contribution is -2.28. The maximum atomic E-state index is 12.3. The molecule has 0 radical (unpaired) electrons. The fourth-order valence-electron chi connectivity index (χ4n) is 8.66. The predicted molar refractivity (Wildman–Crippen MR) is 293 cm³/mol. The quantitative estimate of drug-likeness (QED) is 0.0374. The van der Waals surface area contributed by atoms with E-state index in [1.807, 2.05) is 0 Å². The Morgan fingerprint density at radius 1 is 0.358 bits per heavy atom. The molecule has 1 N–H and O–H groups in total. The number of carbonyl (C=O) groups excluding carboxylic acids is 2. The van der Waals surface area contributed by atoms with Gasteiger partial charge in [-0.05, 0) is 77.0 Å². The molecule has 5 nitrogen and oxygen atoms in total. The van der Waals surface area contributed by atoms with Gasteiger partial charge in [-0.1, -0.05) is 274 Å². The highest BCUT2D eigenvalue weighted by molar-refractivity contribution is 5.70. The molecule has 0 rings (SSSR count). The van der Waals surface area contributed by atoms with Gasteiger partial charge in [-0.3, -0.25) is 9.59 Å². The summed E-state index contributed by atoms with van der Waals surface area (Å²) in [6.45, 7) is 4.06. The van der Waals surface area contributed by atoms with Crippen LogP contribution in [-0.4, -0.2) is 36.4 Å². The van der Waals surface area contributed by atoms with Gasteiger partial charge in [0.1, 0.15) is 6.61 Å². The van der Waals surface area contributed by atoms with Crippen LogP contribution in [0.5, 0.6) is 0 Å². The van der Waals surface area contributed by atoms with Crippen LogP contribution in [-0.2, 0) is 19.1 Å². The highest BCUT2D eigenvalue weighted by Gasteiger charge is 2.16. The number of ether oxygens (including phenoxy) is 2. The minimum atomic E-state index is -0.773. The van der Waals surface area contributed by atoms with Crippen LogP contribution in [0.25, 0.3) is 0 Å². The summed E-state index contributed by atoms with van der Waals surface area (Å²) in [6, 6.07) is 0. The van der Waals surface area contributed by atoms with Crippen molar-refractivity contribution >= 4 is 11.9 Å². The van der Waals surface area contributed by atoms with E-state index in [1.165, 1.54) is 212 Å². The monoisotopic (exact) mass is 937 g/mol. The molecule has 390 valence electrons. The van der Waals surface area contributed by atoms with Crippen LogP contribution in [0.2, 0.25) is 0 Å². The predicted octanol–water partition coefficient (Wildman–Crippen LogP) is 19.8. The second kappa shape index (κ2) is 57.9. The topological polar surface area (TPSA) is 72.8 Å². The van der Waals surface area contributed by atoms with Gasteiger partial charge in [0.25, 0.3) is 0 Å². The average Bonchev–Trinajstić information content (AvgIpc) is 3.33. The van der Waals surface area contributed by atoms with E-state index >= 15 is 0 Å². The lowest BCUT2D eigenvalue weighted by atomic mass is 10.0. The van der Waals surface area contributed by atoms with Crippen molar-refractivity contribution in [3.63, 3.8) is 0 Å². The van der Waals surface area contributed by atoms with Crippen LogP contribution in [0, 0.1) is 0 Å². The summed E-state index contributed by atoms with van der Waals surface area (Å²) in [6.07, 6.45) is 77.8. The minimum absolute atomic E-state index is 0.0648. The second-order valence-corrected chi connectivity index (χ2v) is 19.7. The third kappa shape index (κ3) is 56.1. The van der Waals surface area contributed by atoms with E-state index < -0.39 is 6.10 Å². The third-order valence-electron chi connectivity index (χ3n) is 13.0. The summed E-state index contributed by atoms with van der Waals surface area (Å²) in [5, 5.41) is 9.65.